The lowest BCUT2D eigenvalue weighted by Gasteiger charge is -2.46. The summed E-state index contributed by atoms with van der Waals surface area (Å²) in [5.41, 5.74) is -0.0183. The van der Waals surface area contributed by atoms with Gasteiger partial charge in [0.25, 0.3) is 0 Å². The van der Waals surface area contributed by atoms with Gasteiger partial charge in [-0.2, -0.15) is 0 Å². The second kappa shape index (κ2) is 17.4. The molecular weight excluding hydrogens is 771 g/mol. The number of hydrogen-bond donors (Lipinski definition) is 4. The van der Waals surface area contributed by atoms with Gasteiger partial charge in [-0.15, -0.1) is 0 Å². The topological polar surface area (TPSA) is 192 Å². The quantitative estimate of drug-likeness (QED) is 0.123. The van der Waals surface area contributed by atoms with E-state index in [0.29, 0.717) is 28.0 Å². The average molecular weight is 816 g/mol. The molecule has 0 saturated carbocycles. The summed E-state index contributed by atoms with van der Waals surface area (Å²) in [7, 11) is 1.18. The number of nitrogens with zero attached hydrogens (tertiary/aromatic N) is 2. The Hall–Kier alpha value is -6.53. The molecule has 4 aromatic carbocycles. The number of aliphatic carboxylic acids is 1. The molecule has 4 aromatic rings. The van der Waals surface area contributed by atoms with E-state index in [1.165, 1.54) is 13.2 Å². The molecule has 3 amide bonds. The maximum atomic E-state index is 15.9. The third kappa shape index (κ3) is 7.14. The number of carboxylic acids is 1. The molecular formula is C46H45N3O11. The molecule has 3 aliphatic rings. The second-order valence-electron chi connectivity index (χ2n) is 15.1. The summed E-state index contributed by atoms with van der Waals surface area (Å²) in [6.45, 7) is 2.93. The Morgan fingerprint density at radius 3 is 2.13 bits per heavy atom. The smallest absolute Gasteiger partial charge is 0.329 e. The molecule has 0 aromatic heterocycles. The van der Waals surface area contributed by atoms with Crippen LogP contribution in [0.3, 0.4) is 0 Å². The molecule has 3 aliphatic heterocycles. The summed E-state index contributed by atoms with van der Waals surface area (Å²) >= 11 is 0. The monoisotopic (exact) mass is 815 g/mol. The van der Waals surface area contributed by atoms with E-state index in [1.807, 2.05) is 48.5 Å². The first-order chi connectivity index (χ1) is 29.0. The van der Waals surface area contributed by atoms with Crippen molar-refractivity contribution < 1.29 is 53.5 Å². The largest absolute Gasteiger partial charge is 0.491 e. The molecule has 2 saturated heterocycles. The zero-order valence-electron chi connectivity index (χ0n) is 33.2. The minimum Gasteiger partial charge on any atom is -0.491 e. The van der Waals surface area contributed by atoms with Gasteiger partial charge in [-0.3, -0.25) is 19.3 Å². The van der Waals surface area contributed by atoms with E-state index in [9.17, 15) is 34.5 Å². The van der Waals surface area contributed by atoms with Crippen molar-refractivity contribution in [2.24, 2.45) is 11.8 Å². The van der Waals surface area contributed by atoms with Crippen LogP contribution in [0.1, 0.15) is 66.3 Å². The van der Waals surface area contributed by atoms with Crippen LogP contribution in [0.25, 0.3) is 0 Å². The number of nitrogens with one attached hydrogen (secondary N) is 1. The highest BCUT2D eigenvalue weighted by atomic mass is 16.6. The molecule has 0 unspecified atom stereocenters. The lowest BCUT2D eigenvalue weighted by Crippen LogP contribution is -2.56. The van der Waals surface area contributed by atoms with Gasteiger partial charge in [-0.1, -0.05) is 98.5 Å². The second-order valence-corrected chi connectivity index (χ2v) is 15.1. The maximum absolute atomic E-state index is 15.9. The third-order valence-electron chi connectivity index (χ3n) is 11.4. The van der Waals surface area contributed by atoms with Crippen molar-refractivity contribution in [1.82, 2.24) is 10.2 Å². The Morgan fingerprint density at radius 2 is 1.53 bits per heavy atom. The van der Waals surface area contributed by atoms with E-state index in [1.54, 1.807) is 67.3 Å². The number of carbonyl (C=O) groups excluding carboxylic acids is 4. The fourth-order valence-electron chi connectivity index (χ4n) is 8.92. The van der Waals surface area contributed by atoms with E-state index in [4.69, 9.17) is 14.2 Å². The summed E-state index contributed by atoms with van der Waals surface area (Å²) in [6, 6.07) is 23.5. The van der Waals surface area contributed by atoms with Gasteiger partial charge in [0, 0.05) is 12.0 Å². The minimum atomic E-state index is -2.22. The van der Waals surface area contributed by atoms with Crippen LogP contribution < -0.4 is 15.0 Å². The first kappa shape index (κ1) is 41.6. The number of amides is 3. The number of carboxylic acid groups (broad SMARTS) is 1. The number of anilines is 1. The Balaban J connectivity index is 1.55. The summed E-state index contributed by atoms with van der Waals surface area (Å²) in [5.74, 6) is -0.170. The highest BCUT2D eigenvalue weighted by Gasteiger charge is 2.76. The molecule has 4 N–H and O–H groups in total. The number of rotatable bonds is 11. The Morgan fingerprint density at radius 1 is 0.867 bits per heavy atom. The molecule has 1 spiro atoms. The van der Waals surface area contributed by atoms with Gasteiger partial charge in [0.2, 0.25) is 5.91 Å². The molecule has 2 fully saturated rings. The van der Waals surface area contributed by atoms with Crippen molar-refractivity contribution >= 4 is 35.5 Å². The molecule has 7 rings (SSSR count). The van der Waals surface area contributed by atoms with Crippen LogP contribution in [0.5, 0.6) is 5.75 Å². The number of methoxy groups -OCH3 is 1. The van der Waals surface area contributed by atoms with Crippen molar-refractivity contribution in [1.29, 1.82) is 0 Å². The normalized spacial score (nSPS) is 23.6. The lowest BCUT2D eigenvalue weighted by atomic mass is 9.65. The fraction of sp³-hybridized carbons (Fsp3) is 0.326. The summed E-state index contributed by atoms with van der Waals surface area (Å²) in [6.07, 6.45) is -0.846. The zero-order chi connectivity index (χ0) is 42.7. The van der Waals surface area contributed by atoms with E-state index in [-0.39, 0.29) is 37.5 Å². The average Bonchev–Trinajstić information content (AvgIpc) is 3.71. The number of ether oxygens (including phenoxy) is 3. The third-order valence-corrected chi connectivity index (χ3v) is 11.4. The number of carbonyl (C=O) groups is 5. The van der Waals surface area contributed by atoms with Crippen molar-refractivity contribution in [3.63, 3.8) is 0 Å². The van der Waals surface area contributed by atoms with Crippen LogP contribution >= 0.6 is 0 Å². The number of imide groups is 1. The number of urea groups is 1. The first-order valence-electron chi connectivity index (χ1n) is 19.6. The van der Waals surface area contributed by atoms with Gasteiger partial charge in [0.15, 0.2) is 0 Å². The summed E-state index contributed by atoms with van der Waals surface area (Å²) in [5, 5.41) is 33.1. The summed E-state index contributed by atoms with van der Waals surface area (Å²) < 4.78 is 17.0. The number of benzene rings is 4. The predicted molar refractivity (Wildman–Crippen MR) is 216 cm³/mol. The first-order valence-corrected chi connectivity index (χ1v) is 19.6. The summed E-state index contributed by atoms with van der Waals surface area (Å²) in [4.78, 5) is 75.0. The van der Waals surface area contributed by atoms with Crippen LogP contribution in [0.2, 0.25) is 0 Å². The minimum absolute atomic E-state index is 0.00164. The van der Waals surface area contributed by atoms with Gasteiger partial charge in [0.05, 0.1) is 38.1 Å². The van der Waals surface area contributed by atoms with Crippen molar-refractivity contribution in [2.45, 2.75) is 56.0 Å². The Kier molecular flexibility index (Phi) is 12.0. The zero-order valence-corrected chi connectivity index (χ0v) is 33.2. The fourth-order valence-corrected chi connectivity index (χ4v) is 8.92. The Labute approximate surface area is 346 Å². The van der Waals surface area contributed by atoms with Crippen LogP contribution in [-0.4, -0.2) is 89.1 Å². The number of cyclic esters (lactones) is 1. The SMILES string of the molecule is COC(=O)[C@@H](NC(=O)N1C(=O)[C@@]2(c3cc(C#CCCO)ccc31)[C@H](c1ccc(OCCO)cc1)N1[C@H](c3ccccc3)[C@H](c3ccccc3)OC(=O)[C@H]1[C@@H]2C(=O)O)C(C)C. The van der Waals surface area contributed by atoms with Gasteiger partial charge in [0.1, 0.15) is 41.9 Å². The van der Waals surface area contributed by atoms with Crippen LogP contribution in [0, 0.1) is 23.7 Å². The molecule has 60 heavy (non-hydrogen) atoms. The van der Waals surface area contributed by atoms with Gasteiger partial charge < -0.3 is 34.8 Å². The maximum Gasteiger partial charge on any atom is 0.329 e. The van der Waals surface area contributed by atoms with Crippen molar-refractivity contribution in [2.75, 3.05) is 31.8 Å². The highest BCUT2D eigenvalue weighted by Crippen LogP contribution is 2.66. The molecule has 0 radical (unpaired) electrons. The van der Waals surface area contributed by atoms with Crippen molar-refractivity contribution in [3.8, 4) is 17.6 Å². The molecule has 14 nitrogen and oxygen atoms in total. The van der Waals surface area contributed by atoms with Crippen LogP contribution in [0.4, 0.5) is 10.5 Å². The van der Waals surface area contributed by atoms with E-state index in [0.717, 1.165) is 4.90 Å². The number of fused-ring (bicyclic) bond motifs is 3. The van der Waals surface area contributed by atoms with Gasteiger partial charge in [-0.25, -0.2) is 14.5 Å². The number of aliphatic hydroxyl groups is 2. The van der Waals surface area contributed by atoms with Crippen LogP contribution in [0.15, 0.2) is 103 Å². The number of hydrogen-bond acceptors (Lipinski definition) is 11. The van der Waals surface area contributed by atoms with Gasteiger partial charge in [-0.05, 0) is 58.5 Å². The van der Waals surface area contributed by atoms with Crippen molar-refractivity contribution in [3.05, 3.63) is 131 Å². The molecule has 3 heterocycles. The number of esters is 2. The molecule has 0 bridgehead atoms. The number of aliphatic hydroxyl groups excluding tert-OH is 2. The van der Waals surface area contributed by atoms with E-state index in [2.05, 4.69) is 17.2 Å². The molecule has 310 valence electrons. The molecule has 0 aliphatic carbocycles. The standard InChI is InChI=1S/C46H45N3O11/c1-27(2)36(42(54)58-3)47-45(57)48-34-22-17-28(12-10-11-23-50)26-33(34)46(44(48)56)35(41(52)53)38-43(55)60-39(30-15-8-5-9-16-30)37(29-13-6-4-7-14-29)49(38)40(46)31-18-20-32(21-19-31)59-25-24-51/h4-9,13-22,26-27,35-40,50-51H,11,23-25H2,1-3H3,(H,47,57)(H,52,53)/t35-,36+,37-,38-,39+,40+,46-/m1/s1. The van der Waals surface area contributed by atoms with Gasteiger partial charge >= 0.3 is 23.9 Å². The Bertz CT molecular complexity index is 2330. The lowest BCUT2D eigenvalue weighted by molar-refractivity contribution is -0.179. The molecule has 7 atom stereocenters. The number of morpholine rings is 1. The predicted octanol–water partition coefficient (Wildman–Crippen LogP) is 4.45. The molecule has 14 heteroatoms. The highest BCUT2D eigenvalue weighted by molar-refractivity contribution is 6.24. The van der Waals surface area contributed by atoms with E-state index >= 15 is 4.79 Å². The van der Waals surface area contributed by atoms with E-state index < -0.39 is 77.4 Å². The van der Waals surface area contributed by atoms with Crippen LogP contribution in [-0.2, 0) is 34.1 Å².